The summed E-state index contributed by atoms with van der Waals surface area (Å²) in [7, 11) is 0. The molecule has 0 amide bonds. The van der Waals surface area contributed by atoms with Crippen molar-refractivity contribution in [3.63, 3.8) is 0 Å². The summed E-state index contributed by atoms with van der Waals surface area (Å²) in [5.74, 6) is 0. The molecule has 0 aliphatic carbocycles. The van der Waals surface area contributed by atoms with Crippen LogP contribution >= 0.6 is 0 Å². The van der Waals surface area contributed by atoms with Gasteiger partial charge in [-0.2, -0.15) is 5.06 Å². The van der Waals surface area contributed by atoms with Crippen LogP contribution in [0.25, 0.3) is 0 Å². The first-order chi connectivity index (χ1) is 13.6. The zero-order valence-electron chi connectivity index (χ0n) is 18.6. The molecular formula is C24H40N2O2. The third-order valence-electron chi connectivity index (χ3n) is 6.95. The van der Waals surface area contributed by atoms with Crippen LogP contribution in [0, 0.1) is 0 Å². The lowest BCUT2D eigenvalue weighted by Crippen LogP contribution is -2.76. The third-order valence-corrected chi connectivity index (χ3v) is 6.95. The second-order valence-corrected chi connectivity index (χ2v) is 8.20. The fourth-order valence-electron chi connectivity index (χ4n) is 4.96. The van der Waals surface area contributed by atoms with E-state index in [1.165, 1.54) is 11.8 Å². The third kappa shape index (κ3) is 4.34. The van der Waals surface area contributed by atoms with Gasteiger partial charge >= 0.3 is 0 Å². The fourth-order valence-corrected chi connectivity index (χ4v) is 4.96. The lowest BCUT2D eigenvalue weighted by Gasteiger charge is -2.62. The quantitative estimate of drug-likeness (QED) is 0.487. The zero-order valence-corrected chi connectivity index (χ0v) is 18.6. The minimum absolute atomic E-state index is 0.0753. The SMILES string of the molecule is CCCCN1CC(CC)(CC)N(OCc2ccccc2)C(CC)(CC)C1C=O. The van der Waals surface area contributed by atoms with Crippen LogP contribution in [-0.4, -0.2) is 46.5 Å². The van der Waals surface area contributed by atoms with Crippen molar-refractivity contribution in [1.29, 1.82) is 0 Å². The fraction of sp³-hybridized carbons (Fsp3) is 0.708. The van der Waals surface area contributed by atoms with Crippen LogP contribution in [0.5, 0.6) is 0 Å². The molecule has 4 heteroatoms. The molecule has 0 bridgehead atoms. The number of benzene rings is 1. The number of carbonyl (C=O) groups is 1. The Balaban J connectivity index is 2.44. The van der Waals surface area contributed by atoms with E-state index in [9.17, 15) is 4.79 Å². The van der Waals surface area contributed by atoms with Crippen molar-refractivity contribution in [2.24, 2.45) is 0 Å². The number of unbranched alkanes of at least 4 members (excludes halogenated alkanes) is 1. The highest BCUT2D eigenvalue weighted by Crippen LogP contribution is 2.44. The van der Waals surface area contributed by atoms with Crippen molar-refractivity contribution in [3.8, 4) is 0 Å². The van der Waals surface area contributed by atoms with Gasteiger partial charge in [0.2, 0.25) is 0 Å². The molecule has 1 aliphatic heterocycles. The van der Waals surface area contributed by atoms with E-state index in [1.54, 1.807) is 0 Å². The maximum atomic E-state index is 12.4. The average Bonchev–Trinajstić information content (AvgIpc) is 2.76. The summed E-state index contributed by atoms with van der Waals surface area (Å²) in [5, 5.41) is 2.27. The highest BCUT2D eigenvalue weighted by atomic mass is 16.7. The van der Waals surface area contributed by atoms with E-state index in [4.69, 9.17) is 4.84 Å². The van der Waals surface area contributed by atoms with E-state index in [0.29, 0.717) is 6.61 Å². The molecule has 0 N–H and O–H groups in total. The lowest BCUT2D eigenvalue weighted by molar-refractivity contribution is -0.324. The van der Waals surface area contributed by atoms with Crippen LogP contribution in [0.3, 0.4) is 0 Å². The van der Waals surface area contributed by atoms with Crippen molar-refractivity contribution in [3.05, 3.63) is 35.9 Å². The number of hydroxylamine groups is 2. The smallest absolute Gasteiger partial charge is 0.139 e. The van der Waals surface area contributed by atoms with Crippen LogP contribution < -0.4 is 0 Å². The number of carbonyl (C=O) groups excluding carboxylic acids is 1. The van der Waals surface area contributed by atoms with Gasteiger partial charge < -0.3 is 4.79 Å². The van der Waals surface area contributed by atoms with Gasteiger partial charge in [-0.05, 0) is 44.2 Å². The Kier molecular flexibility index (Phi) is 8.66. The van der Waals surface area contributed by atoms with Crippen molar-refractivity contribution in [2.75, 3.05) is 13.1 Å². The number of hydrogen-bond donors (Lipinski definition) is 0. The molecule has 1 heterocycles. The largest absolute Gasteiger partial charge is 0.302 e. The Morgan fingerprint density at radius 2 is 1.68 bits per heavy atom. The molecule has 1 aromatic carbocycles. The summed E-state index contributed by atoms with van der Waals surface area (Å²) >= 11 is 0. The lowest BCUT2D eigenvalue weighted by atomic mass is 9.74. The summed E-state index contributed by atoms with van der Waals surface area (Å²) in [4.78, 5) is 21.4. The molecule has 1 atom stereocenters. The summed E-state index contributed by atoms with van der Waals surface area (Å²) in [6.07, 6.45) is 7.26. The number of hydrogen-bond acceptors (Lipinski definition) is 4. The molecule has 28 heavy (non-hydrogen) atoms. The van der Waals surface area contributed by atoms with E-state index in [-0.39, 0.29) is 17.1 Å². The Bertz CT molecular complexity index is 582. The molecule has 1 unspecified atom stereocenters. The number of nitrogens with zero attached hydrogens (tertiary/aromatic N) is 2. The van der Waals surface area contributed by atoms with E-state index >= 15 is 0 Å². The van der Waals surface area contributed by atoms with Crippen LogP contribution in [0.2, 0.25) is 0 Å². The molecule has 0 aromatic heterocycles. The second-order valence-electron chi connectivity index (χ2n) is 8.20. The standard InChI is InChI=1S/C24H40N2O2/c1-6-11-17-25-20-23(7-2,8-3)26(24(9-4,10-5)22(25)18-27)28-19-21-15-13-12-14-16-21/h12-16,18,22H,6-11,17,19-20H2,1-5H3. The maximum Gasteiger partial charge on any atom is 0.139 e. The molecule has 158 valence electrons. The van der Waals surface area contributed by atoms with E-state index in [0.717, 1.165) is 51.6 Å². The van der Waals surface area contributed by atoms with Crippen molar-refractivity contribution in [1.82, 2.24) is 9.96 Å². The number of rotatable bonds is 11. The monoisotopic (exact) mass is 388 g/mol. The van der Waals surface area contributed by atoms with Crippen molar-refractivity contribution < 1.29 is 9.63 Å². The maximum absolute atomic E-state index is 12.4. The molecule has 0 saturated carbocycles. The van der Waals surface area contributed by atoms with E-state index in [2.05, 4.69) is 68.8 Å². The van der Waals surface area contributed by atoms with Gasteiger partial charge in [0.25, 0.3) is 0 Å². The predicted octanol–water partition coefficient (Wildman–Crippen LogP) is 5.22. The molecule has 4 nitrogen and oxygen atoms in total. The number of piperazine rings is 1. The first-order valence-electron chi connectivity index (χ1n) is 11.2. The Morgan fingerprint density at radius 3 is 2.18 bits per heavy atom. The molecular weight excluding hydrogens is 348 g/mol. The minimum Gasteiger partial charge on any atom is -0.302 e. The Labute approximate surface area is 172 Å². The van der Waals surface area contributed by atoms with Crippen molar-refractivity contribution in [2.45, 2.75) is 96.9 Å². The van der Waals surface area contributed by atoms with Gasteiger partial charge in [-0.15, -0.1) is 0 Å². The highest BCUT2D eigenvalue weighted by molar-refractivity contribution is 5.61. The topological polar surface area (TPSA) is 32.8 Å². The normalized spacial score (nSPS) is 22.2. The van der Waals surface area contributed by atoms with Crippen LogP contribution in [0.4, 0.5) is 0 Å². The Morgan fingerprint density at radius 1 is 1.04 bits per heavy atom. The van der Waals surface area contributed by atoms with Crippen LogP contribution in [0.15, 0.2) is 30.3 Å². The van der Waals surface area contributed by atoms with Crippen LogP contribution in [0.1, 0.15) is 78.7 Å². The Hall–Kier alpha value is -1.23. The highest BCUT2D eigenvalue weighted by Gasteiger charge is 2.57. The molecule has 1 aromatic rings. The zero-order chi connectivity index (χ0) is 20.6. The summed E-state index contributed by atoms with van der Waals surface area (Å²) in [6.45, 7) is 13.6. The molecule has 1 aliphatic rings. The van der Waals surface area contributed by atoms with Crippen molar-refractivity contribution >= 4 is 6.29 Å². The minimum atomic E-state index is -0.297. The second kappa shape index (κ2) is 10.5. The molecule has 0 radical (unpaired) electrons. The summed E-state index contributed by atoms with van der Waals surface area (Å²) < 4.78 is 0. The van der Waals surface area contributed by atoms with Gasteiger partial charge in [0.1, 0.15) is 6.29 Å². The molecule has 2 rings (SSSR count). The average molecular weight is 389 g/mol. The van der Waals surface area contributed by atoms with Gasteiger partial charge in [0.05, 0.1) is 23.7 Å². The molecule has 1 fully saturated rings. The van der Waals surface area contributed by atoms with Crippen LogP contribution in [-0.2, 0) is 16.2 Å². The predicted molar refractivity (Wildman–Crippen MR) is 116 cm³/mol. The van der Waals surface area contributed by atoms with E-state index < -0.39 is 0 Å². The first-order valence-corrected chi connectivity index (χ1v) is 11.2. The number of aldehydes is 1. The van der Waals surface area contributed by atoms with Gasteiger partial charge in [-0.3, -0.25) is 9.74 Å². The molecule has 1 saturated heterocycles. The van der Waals surface area contributed by atoms with Gasteiger partial charge in [0.15, 0.2) is 0 Å². The van der Waals surface area contributed by atoms with E-state index in [1.807, 2.05) is 6.07 Å². The molecule has 0 spiro atoms. The van der Waals surface area contributed by atoms with Gasteiger partial charge in [-0.1, -0.05) is 71.4 Å². The first kappa shape index (κ1) is 23.1. The summed E-state index contributed by atoms with van der Waals surface area (Å²) in [6, 6.07) is 10.2. The van der Waals surface area contributed by atoms with Gasteiger partial charge in [0, 0.05) is 6.54 Å². The summed E-state index contributed by atoms with van der Waals surface area (Å²) in [5.41, 5.74) is 0.795. The van der Waals surface area contributed by atoms with Gasteiger partial charge in [-0.25, -0.2) is 0 Å².